The van der Waals surface area contributed by atoms with E-state index in [1.165, 1.54) is 15.4 Å². The van der Waals surface area contributed by atoms with Crippen molar-refractivity contribution in [2.24, 2.45) is 5.73 Å². The molecule has 0 amide bonds. The first-order chi connectivity index (χ1) is 7.27. The van der Waals surface area contributed by atoms with E-state index in [2.05, 4.69) is 42.5 Å². The molecule has 1 nitrogen and oxygen atoms in total. The van der Waals surface area contributed by atoms with E-state index >= 15 is 0 Å². The minimum Gasteiger partial charge on any atom is -0.334 e. The largest absolute Gasteiger partial charge is 0.334 e. The van der Waals surface area contributed by atoms with Gasteiger partial charge in [-0.3, -0.25) is 0 Å². The van der Waals surface area contributed by atoms with Crippen LogP contribution in [0.2, 0.25) is 0 Å². The van der Waals surface area contributed by atoms with Crippen LogP contribution in [0.5, 0.6) is 0 Å². The predicted octanol–water partition coefficient (Wildman–Crippen LogP) is 3.58. The molecule has 2 aromatic carbocycles. The van der Waals surface area contributed by atoms with E-state index in [0.717, 1.165) is 0 Å². The second-order valence-electron chi connectivity index (χ2n) is 3.55. The van der Waals surface area contributed by atoms with Crippen molar-refractivity contribution < 1.29 is 0 Å². The standard InChI is InChI=1S/C13H14NS/c1-10(14)12-8-5-9-13(12)15-11-6-3-2-4-7-11/h2-10H,14H2,1H3/q-1/t10-/m1/s1. The first-order valence-electron chi connectivity index (χ1n) is 5.01. The average molecular weight is 216 g/mol. The van der Waals surface area contributed by atoms with Crippen LogP contribution in [-0.2, 0) is 0 Å². The van der Waals surface area contributed by atoms with Crippen LogP contribution in [-0.4, -0.2) is 0 Å². The minimum atomic E-state index is 0.103. The van der Waals surface area contributed by atoms with Gasteiger partial charge in [0.05, 0.1) is 0 Å². The van der Waals surface area contributed by atoms with Crippen molar-refractivity contribution in [3.63, 3.8) is 0 Å². The summed E-state index contributed by atoms with van der Waals surface area (Å²) in [6, 6.07) is 16.7. The van der Waals surface area contributed by atoms with Gasteiger partial charge in [-0.15, -0.1) is 22.2 Å². The SMILES string of the molecule is C[C@@H](N)[c-]1cccc1Sc1ccccc1. The van der Waals surface area contributed by atoms with Gasteiger partial charge in [-0.1, -0.05) is 25.1 Å². The highest BCUT2D eigenvalue weighted by Crippen LogP contribution is 2.33. The Morgan fingerprint density at radius 1 is 1.13 bits per heavy atom. The smallest absolute Gasteiger partial charge is 0.0100 e. The quantitative estimate of drug-likeness (QED) is 0.794. The third kappa shape index (κ3) is 2.46. The molecule has 0 aliphatic carbocycles. The van der Waals surface area contributed by atoms with Crippen LogP contribution in [0.1, 0.15) is 18.5 Å². The Kier molecular flexibility index (Phi) is 3.19. The number of benzene rings is 1. The molecular formula is C13H14NS-. The van der Waals surface area contributed by atoms with Gasteiger partial charge in [-0.2, -0.15) is 12.1 Å². The number of hydrogen-bond donors (Lipinski definition) is 1. The summed E-state index contributed by atoms with van der Waals surface area (Å²) < 4.78 is 0. The summed E-state index contributed by atoms with van der Waals surface area (Å²) in [4.78, 5) is 2.52. The zero-order valence-corrected chi connectivity index (χ0v) is 9.50. The molecule has 2 N–H and O–H groups in total. The van der Waals surface area contributed by atoms with Crippen LogP contribution in [0.15, 0.2) is 58.3 Å². The fraction of sp³-hybridized carbons (Fsp3) is 0.154. The molecule has 2 rings (SSSR count). The molecule has 0 heterocycles. The maximum Gasteiger partial charge on any atom is 0.0100 e. The van der Waals surface area contributed by atoms with E-state index in [4.69, 9.17) is 5.73 Å². The van der Waals surface area contributed by atoms with Gasteiger partial charge in [0.15, 0.2) is 0 Å². The highest BCUT2D eigenvalue weighted by Gasteiger charge is 2.00. The van der Waals surface area contributed by atoms with Crippen molar-refractivity contribution in [1.82, 2.24) is 0 Å². The molecule has 0 bridgehead atoms. The van der Waals surface area contributed by atoms with Crippen LogP contribution in [0.25, 0.3) is 0 Å². The molecule has 0 spiro atoms. The lowest BCUT2D eigenvalue weighted by Crippen LogP contribution is -2.04. The Labute approximate surface area is 94.7 Å². The van der Waals surface area contributed by atoms with Crippen LogP contribution in [0.4, 0.5) is 0 Å². The van der Waals surface area contributed by atoms with Gasteiger partial charge < -0.3 is 5.73 Å². The molecule has 1 atom stereocenters. The lowest BCUT2D eigenvalue weighted by Gasteiger charge is -2.13. The van der Waals surface area contributed by atoms with Crippen molar-refractivity contribution in [1.29, 1.82) is 0 Å². The van der Waals surface area contributed by atoms with Gasteiger partial charge in [0.2, 0.25) is 0 Å². The molecule has 15 heavy (non-hydrogen) atoms. The summed E-state index contributed by atoms with van der Waals surface area (Å²) in [5.74, 6) is 0. The molecular weight excluding hydrogens is 202 g/mol. The lowest BCUT2D eigenvalue weighted by molar-refractivity contribution is 0.804. The molecule has 0 aliphatic heterocycles. The third-order valence-corrected chi connectivity index (χ3v) is 3.37. The topological polar surface area (TPSA) is 26.0 Å². The van der Waals surface area contributed by atoms with Gasteiger partial charge >= 0.3 is 0 Å². The second-order valence-corrected chi connectivity index (χ2v) is 4.66. The molecule has 2 aromatic rings. The fourth-order valence-corrected chi connectivity index (χ4v) is 2.57. The van der Waals surface area contributed by atoms with Gasteiger partial charge in [-0.25, -0.2) is 6.07 Å². The van der Waals surface area contributed by atoms with Gasteiger partial charge in [0.1, 0.15) is 0 Å². The molecule has 0 radical (unpaired) electrons. The van der Waals surface area contributed by atoms with Crippen molar-refractivity contribution in [3.8, 4) is 0 Å². The number of rotatable bonds is 3. The Morgan fingerprint density at radius 3 is 2.53 bits per heavy atom. The minimum absolute atomic E-state index is 0.103. The Bertz CT molecular complexity index is 417. The van der Waals surface area contributed by atoms with Gasteiger partial charge in [0.25, 0.3) is 0 Å². The molecule has 0 aliphatic rings. The molecule has 0 unspecified atom stereocenters. The molecule has 0 saturated heterocycles. The van der Waals surface area contributed by atoms with Crippen LogP contribution < -0.4 is 5.73 Å². The van der Waals surface area contributed by atoms with Gasteiger partial charge in [0, 0.05) is 4.90 Å². The first-order valence-corrected chi connectivity index (χ1v) is 5.83. The summed E-state index contributed by atoms with van der Waals surface area (Å²) >= 11 is 1.77. The van der Waals surface area contributed by atoms with Crippen LogP contribution in [0, 0.1) is 0 Å². The third-order valence-electron chi connectivity index (χ3n) is 2.27. The predicted molar refractivity (Wildman–Crippen MR) is 65.2 cm³/mol. The normalized spacial score (nSPS) is 12.7. The van der Waals surface area contributed by atoms with E-state index in [1.54, 1.807) is 11.8 Å². The summed E-state index contributed by atoms with van der Waals surface area (Å²) in [7, 11) is 0. The highest BCUT2D eigenvalue weighted by molar-refractivity contribution is 7.99. The Balaban J connectivity index is 2.21. The summed E-state index contributed by atoms with van der Waals surface area (Å²) in [6.45, 7) is 2.02. The molecule has 0 saturated carbocycles. The van der Waals surface area contributed by atoms with Crippen molar-refractivity contribution in [3.05, 3.63) is 54.1 Å². The molecule has 0 aromatic heterocycles. The second kappa shape index (κ2) is 4.60. The highest BCUT2D eigenvalue weighted by atomic mass is 32.2. The molecule has 0 fully saturated rings. The maximum atomic E-state index is 5.90. The van der Waals surface area contributed by atoms with E-state index in [0.29, 0.717) is 0 Å². The number of nitrogens with two attached hydrogens (primary N) is 1. The van der Waals surface area contributed by atoms with Crippen LogP contribution >= 0.6 is 11.8 Å². The monoisotopic (exact) mass is 216 g/mol. The fourth-order valence-electron chi connectivity index (χ4n) is 1.50. The van der Waals surface area contributed by atoms with Gasteiger partial charge in [-0.05, 0) is 18.2 Å². The maximum absolute atomic E-state index is 5.90. The Hall–Kier alpha value is -1.12. The Morgan fingerprint density at radius 2 is 1.87 bits per heavy atom. The zero-order chi connectivity index (χ0) is 10.7. The summed E-state index contributed by atoms with van der Waals surface area (Å²) in [5.41, 5.74) is 7.13. The van der Waals surface area contributed by atoms with Crippen molar-refractivity contribution >= 4 is 11.8 Å². The first kappa shape index (κ1) is 10.4. The van der Waals surface area contributed by atoms with E-state index < -0.39 is 0 Å². The lowest BCUT2D eigenvalue weighted by atomic mass is 10.2. The van der Waals surface area contributed by atoms with E-state index in [-0.39, 0.29) is 6.04 Å². The zero-order valence-electron chi connectivity index (χ0n) is 8.68. The van der Waals surface area contributed by atoms with Crippen molar-refractivity contribution in [2.75, 3.05) is 0 Å². The van der Waals surface area contributed by atoms with Crippen molar-refractivity contribution in [2.45, 2.75) is 22.8 Å². The molecule has 2 heteroatoms. The van der Waals surface area contributed by atoms with E-state index in [1.807, 2.05) is 13.0 Å². The molecule has 78 valence electrons. The van der Waals surface area contributed by atoms with E-state index in [9.17, 15) is 0 Å². The number of hydrogen-bond acceptors (Lipinski definition) is 2. The average Bonchev–Trinajstić information content (AvgIpc) is 2.67. The summed E-state index contributed by atoms with van der Waals surface area (Å²) in [5, 5.41) is 0. The summed E-state index contributed by atoms with van der Waals surface area (Å²) in [6.07, 6.45) is 0. The van der Waals surface area contributed by atoms with Crippen LogP contribution in [0.3, 0.4) is 0 Å².